The summed E-state index contributed by atoms with van der Waals surface area (Å²) in [7, 11) is 0. The van der Waals surface area contributed by atoms with Gasteiger partial charge >= 0.3 is 0 Å². The number of nitrogens with two attached hydrogens (primary N) is 1. The molecule has 0 aromatic rings. The SMILES string of the molecule is CCN(C(=O)C(C)C)C1CCCCC1CNC(=N)N. The molecule has 0 spiro atoms. The van der Waals surface area contributed by atoms with E-state index in [0.29, 0.717) is 18.5 Å². The third kappa shape index (κ3) is 4.40. The van der Waals surface area contributed by atoms with Crippen molar-refractivity contribution in [2.75, 3.05) is 13.1 Å². The molecule has 5 heteroatoms. The summed E-state index contributed by atoms with van der Waals surface area (Å²) >= 11 is 0. The van der Waals surface area contributed by atoms with Crippen molar-refractivity contribution in [2.24, 2.45) is 17.6 Å². The van der Waals surface area contributed by atoms with Crippen LogP contribution in [-0.2, 0) is 4.79 Å². The van der Waals surface area contributed by atoms with Gasteiger partial charge in [-0.05, 0) is 25.7 Å². The monoisotopic (exact) mass is 268 g/mol. The zero-order valence-electron chi connectivity index (χ0n) is 12.4. The summed E-state index contributed by atoms with van der Waals surface area (Å²) < 4.78 is 0. The van der Waals surface area contributed by atoms with E-state index in [1.54, 1.807) is 0 Å². The van der Waals surface area contributed by atoms with E-state index >= 15 is 0 Å². The van der Waals surface area contributed by atoms with Gasteiger partial charge in [0, 0.05) is 25.0 Å². The fraction of sp³-hybridized carbons (Fsp3) is 0.857. The summed E-state index contributed by atoms with van der Waals surface area (Å²) in [5.41, 5.74) is 5.36. The van der Waals surface area contributed by atoms with Crippen molar-refractivity contribution < 1.29 is 4.79 Å². The molecule has 0 radical (unpaired) electrons. The van der Waals surface area contributed by atoms with Gasteiger partial charge in [0.15, 0.2) is 5.96 Å². The van der Waals surface area contributed by atoms with Crippen LogP contribution in [0.1, 0.15) is 46.5 Å². The van der Waals surface area contributed by atoms with Gasteiger partial charge in [-0.15, -0.1) is 0 Å². The number of hydrogen-bond acceptors (Lipinski definition) is 2. The van der Waals surface area contributed by atoms with E-state index in [1.807, 2.05) is 25.7 Å². The highest BCUT2D eigenvalue weighted by atomic mass is 16.2. The zero-order chi connectivity index (χ0) is 14.4. The third-order valence-electron chi connectivity index (χ3n) is 3.94. The summed E-state index contributed by atoms with van der Waals surface area (Å²) in [5.74, 6) is 0.702. The van der Waals surface area contributed by atoms with Gasteiger partial charge in [-0.1, -0.05) is 26.7 Å². The fourth-order valence-corrected chi connectivity index (χ4v) is 2.96. The summed E-state index contributed by atoms with van der Waals surface area (Å²) in [6.07, 6.45) is 4.56. The highest BCUT2D eigenvalue weighted by Crippen LogP contribution is 2.29. The fourth-order valence-electron chi connectivity index (χ4n) is 2.96. The second-order valence-corrected chi connectivity index (χ2v) is 5.69. The van der Waals surface area contributed by atoms with Crippen LogP contribution in [0.15, 0.2) is 0 Å². The smallest absolute Gasteiger partial charge is 0.225 e. The maximum Gasteiger partial charge on any atom is 0.225 e. The predicted octanol–water partition coefficient (Wildman–Crippen LogP) is 1.53. The number of guanidine groups is 1. The first-order chi connectivity index (χ1) is 8.97. The summed E-state index contributed by atoms with van der Waals surface area (Å²) in [4.78, 5) is 14.3. The van der Waals surface area contributed by atoms with Gasteiger partial charge in [0.1, 0.15) is 0 Å². The lowest BCUT2D eigenvalue weighted by Gasteiger charge is -2.40. The van der Waals surface area contributed by atoms with Crippen LogP contribution >= 0.6 is 0 Å². The molecule has 110 valence electrons. The first-order valence-electron chi connectivity index (χ1n) is 7.35. The van der Waals surface area contributed by atoms with Gasteiger partial charge in [0.25, 0.3) is 0 Å². The van der Waals surface area contributed by atoms with Crippen LogP contribution in [-0.4, -0.2) is 35.9 Å². The van der Waals surface area contributed by atoms with Crippen molar-refractivity contribution in [1.82, 2.24) is 10.2 Å². The first-order valence-corrected chi connectivity index (χ1v) is 7.35. The third-order valence-corrected chi connectivity index (χ3v) is 3.94. The summed E-state index contributed by atoms with van der Waals surface area (Å²) in [6.45, 7) is 7.41. The molecule has 1 rings (SSSR count). The lowest BCUT2D eigenvalue weighted by molar-refractivity contribution is -0.138. The predicted molar refractivity (Wildman–Crippen MR) is 77.9 cm³/mol. The number of nitrogens with zero attached hydrogens (tertiary/aromatic N) is 1. The normalized spacial score (nSPS) is 23.2. The molecule has 0 aromatic carbocycles. The molecule has 1 aliphatic rings. The van der Waals surface area contributed by atoms with E-state index in [-0.39, 0.29) is 17.8 Å². The van der Waals surface area contributed by atoms with Crippen LogP contribution in [0, 0.1) is 17.2 Å². The highest BCUT2D eigenvalue weighted by Gasteiger charge is 2.32. The summed E-state index contributed by atoms with van der Waals surface area (Å²) in [5, 5.41) is 10.2. The van der Waals surface area contributed by atoms with E-state index in [4.69, 9.17) is 11.1 Å². The molecule has 0 saturated heterocycles. The molecule has 4 N–H and O–H groups in total. The van der Waals surface area contributed by atoms with Gasteiger partial charge in [-0.3, -0.25) is 10.2 Å². The lowest BCUT2D eigenvalue weighted by Crippen LogP contribution is -2.50. The Kier molecular flexibility index (Phi) is 6.12. The number of nitrogens with one attached hydrogen (secondary N) is 2. The molecule has 0 bridgehead atoms. The highest BCUT2D eigenvalue weighted by molar-refractivity contribution is 5.78. The second-order valence-electron chi connectivity index (χ2n) is 5.69. The van der Waals surface area contributed by atoms with Crippen molar-refractivity contribution in [3.63, 3.8) is 0 Å². The Morgan fingerprint density at radius 1 is 1.42 bits per heavy atom. The van der Waals surface area contributed by atoms with Crippen molar-refractivity contribution in [1.29, 1.82) is 5.41 Å². The number of hydrogen-bond donors (Lipinski definition) is 3. The Labute approximate surface area is 116 Å². The van der Waals surface area contributed by atoms with E-state index in [0.717, 1.165) is 19.4 Å². The lowest BCUT2D eigenvalue weighted by atomic mass is 9.83. The van der Waals surface area contributed by atoms with Gasteiger partial charge in [-0.2, -0.15) is 0 Å². The number of amides is 1. The largest absolute Gasteiger partial charge is 0.370 e. The van der Waals surface area contributed by atoms with Gasteiger partial charge in [-0.25, -0.2) is 0 Å². The zero-order valence-corrected chi connectivity index (χ0v) is 12.4. The molecular formula is C14H28N4O. The minimum absolute atomic E-state index is 0.0163. The van der Waals surface area contributed by atoms with Crippen LogP contribution in [0.4, 0.5) is 0 Å². The molecule has 2 atom stereocenters. The molecule has 1 fully saturated rings. The Balaban J connectivity index is 2.73. The first kappa shape index (κ1) is 15.8. The van der Waals surface area contributed by atoms with Crippen molar-refractivity contribution >= 4 is 11.9 Å². The molecule has 1 aliphatic carbocycles. The van der Waals surface area contributed by atoms with Crippen LogP contribution < -0.4 is 11.1 Å². The van der Waals surface area contributed by atoms with Crippen molar-refractivity contribution in [2.45, 2.75) is 52.5 Å². The van der Waals surface area contributed by atoms with E-state index in [9.17, 15) is 4.79 Å². The average molecular weight is 268 g/mol. The van der Waals surface area contributed by atoms with Crippen LogP contribution in [0.3, 0.4) is 0 Å². The van der Waals surface area contributed by atoms with E-state index in [2.05, 4.69) is 5.32 Å². The van der Waals surface area contributed by atoms with Crippen molar-refractivity contribution in [3.05, 3.63) is 0 Å². The van der Waals surface area contributed by atoms with E-state index < -0.39 is 0 Å². The maximum absolute atomic E-state index is 12.3. The number of carbonyl (C=O) groups is 1. The minimum atomic E-state index is 0.0163. The van der Waals surface area contributed by atoms with Crippen LogP contribution in [0.5, 0.6) is 0 Å². The molecule has 1 saturated carbocycles. The molecule has 1 amide bonds. The van der Waals surface area contributed by atoms with Gasteiger partial charge < -0.3 is 16.0 Å². The quantitative estimate of drug-likeness (QED) is 0.522. The topological polar surface area (TPSA) is 82.2 Å². The molecule has 0 aromatic heterocycles. The Morgan fingerprint density at radius 3 is 2.58 bits per heavy atom. The van der Waals surface area contributed by atoms with Gasteiger partial charge in [0.05, 0.1) is 0 Å². The molecular weight excluding hydrogens is 240 g/mol. The Hall–Kier alpha value is -1.26. The molecule has 5 nitrogen and oxygen atoms in total. The average Bonchev–Trinajstić information content (AvgIpc) is 2.38. The molecule has 0 heterocycles. The Bertz CT molecular complexity index is 317. The Morgan fingerprint density at radius 2 is 2.05 bits per heavy atom. The van der Waals surface area contributed by atoms with Crippen molar-refractivity contribution in [3.8, 4) is 0 Å². The maximum atomic E-state index is 12.3. The standard InChI is InChI=1S/C14H28N4O/c1-4-18(13(19)10(2)3)12-8-6-5-7-11(12)9-17-14(15)16/h10-12H,4-9H2,1-3H3,(H4,15,16,17). The van der Waals surface area contributed by atoms with Crippen LogP contribution in [0.2, 0.25) is 0 Å². The minimum Gasteiger partial charge on any atom is -0.370 e. The van der Waals surface area contributed by atoms with E-state index in [1.165, 1.54) is 12.8 Å². The molecule has 0 aliphatic heterocycles. The second kappa shape index (κ2) is 7.36. The summed E-state index contributed by atoms with van der Waals surface area (Å²) in [6, 6.07) is 0.292. The molecule has 2 unspecified atom stereocenters. The van der Waals surface area contributed by atoms with Gasteiger partial charge in [0.2, 0.25) is 5.91 Å². The molecule has 19 heavy (non-hydrogen) atoms. The van der Waals surface area contributed by atoms with Crippen LogP contribution in [0.25, 0.3) is 0 Å². The number of carbonyl (C=O) groups excluding carboxylic acids is 1. The number of rotatable bonds is 5.